The van der Waals surface area contributed by atoms with Crippen molar-refractivity contribution in [1.82, 2.24) is 4.57 Å². The Labute approximate surface area is 198 Å². The van der Waals surface area contributed by atoms with Gasteiger partial charge in [-0.1, -0.05) is 29.8 Å². The van der Waals surface area contributed by atoms with Crippen LogP contribution in [0.5, 0.6) is 5.75 Å². The highest BCUT2D eigenvalue weighted by Gasteiger charge is 2.31. The van der Waals surface area contributed by atoms with E-state index in [0.29, 0.717) is 59.5 Å². The van der Waals surface area contributed by atoms with Crippen LogP contribution in [0.15, 0.2) is 54.6 Å². The van der Waals surface area contributed by atoms with Crippen LogP contribution in [0.2, 0.25) is 5.02 Å². The van der Waals surface area contributed by atoms with E-state index in [1.54, 1.807) is 28.8 Å². The van der Waals surface area contributed by atoms with Crippen LogP contribution in [0.1, 0.15) is 34.8 Å². The molecule has 2 N–H and O–H groups in total. The molecule has 1 aliphatic heterocycles. The largest absolute Gasteiger partial charge is 0.507 e. The van der Waals surface area contributed by atoms with E-state index in [0.717, 1.165) is 12.1 Å². The van der Waals surface area contributed by atoms with Crippen LogP contribution >= 0.6 is 11.6 Å². The van der Waals surface area contributed by atoms with Crippen molar-refractivity contribution in [3.8, 4) is 22.6 Å². The minimum absolute atomic E-state index is 0.0643. The lowest BCUT2D eigenvalue weighted by atomic mass is 9.88. The van der Waals surface area contributed by atoms with Gasteiger partial charge in [-0.15, -0.1) is 0 Å². The molecule has 0 bridgehead atoms. The van der Waals surface area contributed by atoms with Gasteiger partial charge in [0.15, 0.2) is 11.6 Å². The van der Waals surface area contributed by atoms with Crippen LogP contribution in [0, 0.1) is 11.6 Å². The van der Waals surface area contributed by atoms with Gasteiger partial charge in [-0.25, -0.2) is 13.6 Å². The maximum Gasteiger partial charge on any atom is 0.336 e. The number of carboxylic acid groups (broad SMARTS) is 1. The molecule has 0 saturated carbocycles. The van der Waals surface area contributed by atoms with Gasteiger partial charge in [-0.2, -0.15) is 0 Å². The molecule has 0 unspecified atom stereocenters. The number of aromatic carboxylic acids is 1. The Hall–Kier alpha value is -3.42. The van der Waals surface area contributed by atoms with E-state index in [1.807, 2.05) is 0 Å². The average molecular weight is 484 g/mol. The van der Waals surface area contributed by atoms with Crippen LogP contribution in [-0.4, -0.2) is 34.0 Å². The molecule has 0 atom stereocenters. The number of rotatable bonds is 4. The SMILES string of the molecule is O=C(O)c1ccccc1-c1c(C2CCOCC2)n(-c2ccc(F)c(F)c2)c2cc(Cl)cc(O)c12. The Morgan fingerprint density at radius 3 is 2.47 bits per heavy atom. The van der Waals surface area contributed by atoms with Crippen molar-refractivity contribution in [2.45, 2.75) is 18.8 Å². The molecular formula is C26H20ClF2NO4. The lowest BCUT2D eigenvalue weighted by molar-refractivity contribution is 0.0697. The van der Waals surface area contributed by atoms with Crippen molar-refractivity contribution in [1.29, 1.82) is 0 Å². The summed E-state index contributed by atoms with van der Waals surface area (Å²) in [5.74, 6) is -3.34. The van der Waals surface area contributed by atoms with E-state index in [-0.39, 0.29) is 22.3 Å². The summed E-state index contributed by atoms with van der Waals surface area (Å²) in [7, 11) is 0. The number of phenols is 1. The third kappa shape index (κ3) is 3.71. The van der Waals surface area contributed by atoms with Crippen LogP contribution in [0.25, 0.3) is 27.7 Å². The molecule has 2 heterocycles. The monoisotopic (exact) mass is 483 g/mol. The molecule has 3 aromatic carbocycles. The van der Waals surface area contributed by atoms with E-state index < -0.39 is 17.6 Å². The van der Waals surface area contributed by atoms with E-state index in [4.69, 9.17) is 16.3 Å². The number of ether oxygens (including phenoxy) is 1. The topological polar surface area (TPSA) is 71.7 Å². The van der Waals surface area contributed by atoms with Crippen molar-refractivity contribution < 1.29 is 28.5 Å². The van der Waals surface area contributed by atoms with Crippen molar-refractivity contribution in [2.24, 2.45) is 0 Å². The number of aromatic nitrogens is 1. The number of fused-ring (bicyclic) bond motifs is 1. The number of halogens is 3. The number of hydrogen-bond acceptors (Lipinski definition) is 3. The molecule has 34 heavy (non-hydrogen) atoms. The lowest BCUT2D eigenvalue weighted by Crippen LogP contribution is -2.18. The molecule has 0 radical (unpaired) electrons. The van der Waals surface area contributed by atoms with Gasteiger partial charge >= 0.3 is 5.97 Å². The average Bonchev–Trinajstić information content (AvgIpc) is 3.16. The first kappa shape index (κ1) is 22.4. The number of phenolic OH excluding ortho intramolecular Hbond substituents is 1. The summed E-state index contributed by atoms with van der Waals surface area (Å²) in [6.07, 6.45) is 1.27. The molecule has 174 valence electrons. The summed E-state index contributed by atoms with van der Waals surface area (Å²) in [4.78, 5) is 12.1. The number of hydrogen-bond donors (Lipinski definition) is 2. The second kappa shape index (κ2) is 8.74. The highest BCUT2D eigenvalue weighted by atomic mass is 35.5. The Morgan fingerprint density at radius 2 is 1.76 bits per heavy atom. The summed E-state index contributed by atoms with van der Waals surface area (Å²) in [6.45, 7) is 0.994. The summed E-state index contributed by atoms with van der Waals surface area (Å²) in [6, 6.07) is 13.1. The fourth-order valence-electron chi connectivity index (χ4n) is 4.80. The molecule has 1 aromatic heterocycles. The highest BCUT2D eigenvalue weighted by Crippen LogP contribution is 2.48. The van der Waals surface area contributed by atoms with E-state index in [9.17, 15) is 23.8 Å². The van der Waals surface area contributed by atoms with Gasteiger partial charge in [-0.05, 0) is 48.7 Å². The zero-order valence-electron chi connectivity index (χ0n) is 17.9. The molecule has 4 aromatic rings. The fraction of sp³-hybridized carbons (Fsp3) is 0.192. The Balaban J connectivity index is 1.97. The zero-order chi connectivity index (χ0) is 24.0. The lowest BCUT2D eigenvalue weighted by Gasteiger charge is -2.26. The van der Waals surface area contributed by atoms with Gasteiger partial charge in [0.2, 0.25) is 0 Å². The molecule has 8 heteroatoms. The highest BCUT2D eigenvalue weighted by molar-refractivity contribution is 6.32. The normalized spacial score (nSPS) is 14.6. The maximum absolute atomic E-state index is 14.3. The maximum atomic E-state index is 14.3. The van der Waals surface area contributed by atoms with Crippen LogP contribution in [-0.2, 0) is 4.74 Å². The summed E-state index contributed by atoms with van der Waals surface area (Å²) < 4.78 is 35.4. The Morgan fingerprint density at radius 1 is 1.03 bits per heavy atom. The predicted octanol–water partition coefficient (Wildman–Crippen LogP) is 6.53. The van der Waals surface area contributed by atoms with Gasteiger partial charge in [0.1, 0.15) is 5.75 Å². The van der Waals surface area contributed by atoms with E-state index in [2.05, 4.69) is 0 Å². The second-order valence-electron chi connectivity index (χ2n) is 8.25. The van der Waals surface area contributed by atoms with Gasteiger partial charge in [0.25, 0.3) is 0 Å². The predicted molar refractivity (Wildman–Crippen MR) is 125 cm³/mol. The number of carbonyl (C=O) groups is 1. The Kier molecular flexibility index (Phi) is 5.75. The van der Waals surface area contributed by atoms with Crippen molar-refractivity contribution in [3.63, 3.8) is 0 Å². The number of nitrogens with zero attached hydrogens (tertiary/aromatic N) is 1. The molecule has 5 nitrogen and oxygen atoms in total. The van der Waals surface area contributed by atoms with Crippen molar-refractivity contribution in [2.75, 3.05) is 13.2 Å². The summed E-state index contributed by atoms with van der Waals surface area (Å²) >= 11 is 6.29. The van der Waals surface area contributed by atoms with E-state index >= 15 is 0 Å². The number of benzene rings is 3. The summed E-state index contributed by atoms with van der Waals surface area (Å²) in [5.41, 5.74) is 2.50. The first-order chi connectivity index (χ1) is 16.4. The Bertz CT molecular complexity index is 1430. The van der Waals surface area contributed by atoms with Gasteiger partial charge in [0.05, 0.1) is 16.5 Å². The third-order valence-electron chi connectivity index (χ3n) is 6.25. The van der Waals surface area contributed by atoms with Gasteiger partial charge in [-0.3, -0.25) is 0 Å². The van der Waals surface area contributed by atoms with E-state index in [1.165, 1.54) is 18.2 Å². The fourth-order valence-corrected chi connectivity index (χ4v) is 5.01. The molecule has 0 spiro atoms. The second-order valence-corrected chi connectivity index (χ2v) is 8.69. The quantitative estimate of drug-likeness (QED) is 0.346. The molecule has 0 aliphatic carbocycles. The summed E-state index contributed by atoms with van der Waals surface area (Å²) in [5, 5.41) is 21.5. The third-order valence-corrected chi connectivity index (χ3v) is 6.46. The van der Waals surface area contributed by atoms with Crippen LogP contribution in [0.3, 0.4) is 0 Å². The zero-order valence-corrected chi connectivity index (χ0v) is 18.6. The molecule has 5 rings (SSSR count). The van der Waals surface area contributed by atoms with Gasteiger partial charge < -0.3 is 19.5 Å². The van der Waals surface area contributed by atoms with Crippen molar-refractivity contribution in [3.05, 3.63) is 82.5 Å². The minimum Gasteiger partial charge on any atom is -0.507 e. The minimum atomic E-state index is -1.12. The number of aromatic hydroxyl groups is 1. The molecule has 0 amide bonds. The molecule has 1 aliphatic rings. The van der Waals surface area contributed by atoms with Gasteiger partial charge in [0, 0.05) is 47.2 Å². The van der Waals surface area contributed by atoms with Crippen LogP contribution in [0.4, 0.5) is 8.78 Å². The molecule has 1 fully saturated rings. The standard InChI is InChI=1S/C26H20ClF2NO4/c27-15-11-21-24(22(31)12-15)23(17-3-1-2-4-18(17)26(32)33)25(14-7-9-34-10-8-14)30(21)16-5-6-19(28)20(29)13-16/h1-6,11-14,31H,7-10H2,(H,32,33). The smallest absolute Gasteiger partial charge is 0.336 e. The first-order valence-corrected chi connectivity index (χ1v) is 11.2. The number of carboxylic acids is 1. The molecule has 1 saturated heterocycles. The molecular weight excluding hydrogens is 464 g/mol. The first-order valence-electron chi connectivity index (χ1n) is 10.8. The van der Waals surface area contributed by atoms with Crippen LogP contribution < -0.4 is 0 Å². The van der Waals surface area contributed by atoms with Crippen molar-refractivity contribution >= 4 is 28.5 Å².